The third kappa shape index (κ3) is 5.19. The van der Waals surface area contributed by atoms with E-state index in [0.29, 0.717) is 0 Å². The number of rotatable bonds is 6. The minimum absolute atomic E-state index is 0.720. The van der Waals surface area contributed by atoms with Crippen molar-refractivity contribution < 1.29 is 0 Å². The second-order valence-electron chi connectivity index (χ2n) is 6.19. The zero-order valence-corrected chi connectivity index (χ0v) is 14.4. The molecule has 1 aliphatic heterocycles. The molecule has 0 amide bonds. The number of nitrogens with one attached hydrogen (secondary N) is 1. The van der Waals surface area contributed by atoms with E-state index in [1.165, 1.54) is 54.5 Å². The van der Waals surface area contributed by atoms with Crippen LogP contribution in [0, 0.1) is 12.8 Å². The molecular weight excluding hydrogens is 312 g/mol. The van der Waals surface area contributed by atoms with Gasteiger partial charge in [-0.05, 0) is 62.5 Å². The van der Waals surface area contributed by atoms with Gasteiger partial charge in [0.2, 0.25) is 0 Å². The second kappa shape index (κ2) is 8.16. The van der Waals surface area contributed by atoms with Crippen LogP contribution in [0.4, 0.5) is 0 Å². The Morgan fingerprint density at radius 3 is 2.70 bits per heavy atom. The summed E-state index contributed by atoms with van der Waals surface area (Å²) < 4.78 is 1.22. The van der Waals surface area contributed by atoms with E-state index >= 15 is 0 Å². The van der Waals surface area contributed by atoms with Crippen LogP contribution < -0.4 is 5.32 Å². The number of hydrogen-bond donors (Lipinski definition) is 1. The molecule has 0 radical (unpaired) electrons. The quantitative estimate of drug-likeness (QED) is 0.844. The minimum atomic E-state index is 0.720. The average molecular weight is 339 g/mol. The molecule has 20 heavy (non-hydrogen) atoms. The van der Waals surface area contributed by atoms with Gasteiger partial charge in [-0.25, -0.2) is 0 Å². The van der Waals surface area contributed by atoms with Crippen molar-refractivity contribution in [3.05, 3.63) is 33.8 Å². The van der Waals surface area contributed by atoms with Gasteiger partial charge in [0, 0.05) is 17.6 Å². The van der Waals surface area contributed by atoms with Crippen molar-refractivity contribution in [3.63, 3.8) is 0 Å². The van der Waals surface area contributed by atoms with E-state index in [4.69, 9.17) is 0 Å². The van der Waals surface area contributed by atoms with Gasteiger partial charge in [-0.1, -0.05) is 41.4 Å². The predicted molar refractivity (Wildman–Crippen MR) is 90.0 cm³/mol. The van der Waals surface area contributed by atoms with E-state index in [9.17, 15) is 0 Å². The first-order chi connectivity index (χ1) is 9.65. The number of piperidine rings is 1. The molecule has 2 nitrogen and oxygen atoms in total. The van der Waals surface area contributed by atoms with Crippen LogP contribution in [0.15, 0.2) is 22.7 Å². The summed E-state index contributed by atoms with van der Waals surface area (Å²) in [6.45, 7) is 10.4. The van der Waals surface area contributed by atoms with Gasteiger partial charge in [-0.15, -0.1) is 0 Å². The summed E-state index contributed by atoms with van der Waals surface area (Å²) in [5.41, 5.74) is 2.65. The zero-order chi connectivity index (χ0) is 14.4. The maximum Gasteiger partial charge on any atom is 0.0222 e. The molecule has 1 aromatic carbocycles. The van der Waals surface area contributed by atoms with Gasteiger partial charge < -0.3 is 10.2 Å². The Hall–Kier alpha value is -0.380. The van der Waals surface area contributed by atoms with E-state index < -0.39 is 0 Å². The summed E-state index contributed by atoms with van der Waals surface area (Å²) >= 11 is 3.65. The lowest BCUT2D eigenvalue weighted by Crippen LogP contribution is -2.36. The van der Waals surface area contributed by atoms with E-state index in [0.717, 1.165) is 19.0 Å². The molecule has 1 unspecified atom stereocenters. The average Bonchev–Trinajstić information content (AvgIpc) is 2.42. The van der Waals surface area contributed by atoms with Gasteiger partial charge >= 0.3 is 0 Å². The second-order valence-corrected chi connectivity index (χ2v) is 7.05. The summed E-state index contributed by atoms with van der Waals surface area (Å²) in [7, 11) is 0. The fraction of sp³-hybridized carbons (Fsp3) is 0.647. The van der Waals surface area contributed by atoms with Crippen molar-refractivity contribution in [2.24, 2.45) is 5.92 Å². The highest BCUT2D eigenvalue weighted by molar-refractivity contribution is 9.10. The Balaban J connectivity index is 1.69. The Morgan fingerprint density at radius 1 is 1.25 bits per heavy atom. The third-order valence-electron chi connectivity index (χ3n) is 4.04. The third-order valence-corrected chi connectivity index (χ3v) is 4.77. The highest BCUT2D eigenvalue weighted by Gasteiger charge is 2.13. The van der Waals surface area contributed by atoms with E-state index in [1.54, 1.807) is 0 Å². The van der Waals surface area contributed by atoms with Gasteiger partial charge in [0.25, 0.3) is 0 Å². The molecular formula is C17H27BrN2. The van der Waals surface area contributed by atoms with Crippen LogP contribution in [-0.2, 0) is 6.54 Å². The summed E-state index contributed by atoms with van der Waals surface area (Å²) in [4.78, 5) is 2.62. The topological polar surface area (TPSA) is 15.3 Å². The number of benzene rings is 1. The first kappa shape index (κ1) is 16.0. The predicted octanol–water partition coefficient (Wildman–Crippen LogP) is 3.97. The number of halogens is 1. The van der Waals surface area contributed by atoms with E-state index in [2.05, 4.69) is 58.2 Å². The molecule has 112 valence electrons. The fourth-order valence-corrected chi connectivity index (χ4v) is 3.53. The molecule has 2 rings (SSSR count). The Morgan fingerprint density at radius 2 is 2.00 bits per heavy atom. The van der Waals surface area contributed by atoms with Crippen LogP contribution in [0.2, 0.25) is 0 Å². The highest BCUT2D eigenvalue weighted by Crippen LogP contribution is 2.18. The summed E-state index contributed by atoms with van der Waals surface area (Å²) in [5, 5.41) is 3.59. The lowest BCUT2D eigenvalue weighted by molar-refractivity contribution is 0.199. The van der Waals surface area contributed by atoms with Gasteiger partial charge in [0.05, 0.1) is 0 Å². The minimum Gasteiger partial charge on any atom is -0.312 e. The molecule has 1 aliphatic rings. The largest absolute Gasteiger partial charge is 0.312 e. The van der Waals surface area contributed by atoms with Gasteiger partial charge in [0.15, 0.2) is 0 Å². The molecule has 1 atom stereocenters. The fourth-order valence-electron chi connectivity index (χ4n) is 2.90. The molecule has 1 saturated heterocycles. The number of nitrogens with zero attached hydrogens (tertiary/aromatic N) is 1. The molecule has 3 heteroatoms. The smallest absolute Gasteiger partial charge is 0.0222 e. The van der Waals surface area contributed by atoms with E-state index in [1.807, 2.05) is 0 Å². The highest BCUT2D eigenvalue weighted by atomic mass is 79.9. The summed E-state index contributed by atoms with van der Waals surface area (Å²) in [6, 6.07) is 6.58. The van der Waals surface area contributed by atoms with Gasteiger partial charge in [-0.2, -0.15) is 0 Å². The standard InChI is InChI=1S/C17H27BrN2/c1-14-6-7-16(17(18)10-14)12-19-11-15(2)13-20-8-4-3-5-9-20/h6-7,10,15,19H,3-5,8-9,11-13H2,1-2H3. The molecule has 0 aliphatic carbocycles. The van der Waals surface area contributed by atoms with Crippen molar-refractivity contribution in [3.8, 4) is 0 Å². The first-order valence-corrected chi connectivity index (χ1v) is 8.62. The number of likely N-dealkylation sites (tertiary alicyclic amines) is 1. The molecule has 0 saturated carbocycles. The Kier molecular flexibility index (Phi) is 6.53. The van der Waals surface area contributed by atoms with Crippen LogP contribution >= 0.6 is 15.9 Å². The van der Waals surface area contributed by atoms with Crippen molar-refractivity contribution in [1.82, 2.24) is 10.2 Å². The Labute approximate surface area is 132 Å². The van der Waals surface area contributed by atoms with Crippen LogP contribution in [0.25, 0.3) is 0 Å². The van der Waals surface area contributed by atoms with Crippen LogP contribution in [0.5, 0.6) is 0 Å². The number of hydrogen-bond acceptors (Lipinski definition) is 2. The van der Waals surface area contributed by atoms with Crippen LogP contribution in [0.1, 0.15) is 37.3 Å². The van der Waals surface area contributed by atoms with Crippen LogP contribution in [-0.4, -0.2) is 31.1 Å². The summed E-state index contributed by atoms with van der Waals surface area (Å²) in [6.07, 6.45) is 4.19. The van der Waals surface area contributed by atoms with E-state index in [-0.39, 0.29) is 0 Å². The van der Waals surface area contributed by atoms with Crippen molar-refractivity contribution in [2.45, 2.75) is 39.7 Å². The molecule has 1 fully saturated rings. The summed E-state index contributed by atoms with van der Waals surface area (Å²) in [5.74, 6) is 0.720. The monoisotopic (exact) mass is 338 g/mol. The number of aryl methyl sites for hydroxylation is 1. The SMILES string of the molecule is Cc1ccc(CNCC(C)CN2CCCCC2)c(Br)c1. The Bertz CT molecular complexity index is 413. The first-order valence-electron chi connectivity index (χ1n) is 7.83. The zero-order valence-electron chi connectivity index (χ0n) is 12.8. The maximum atomic E-state index is 3.65. The van der Waals surface area contributed by atoms with Crippen LogP contribution in [0.3, 0.4) is 0 Å². The lowest BCUT2D eigenvalue weighted by Gasteiger charge is -2.29. The molecule has 0 spiro atoms. The molecule has 1 aromatic rings. The molecule has 0 bridgehead atoms. The van der Waals surface area contributed by atoms with Gasteiger partial charge in [-0.3, -0.25) is 0 Å². The molecule has 1 N–H and O–H groups in total. The van der Waals surface area contributed by atoms with Crippen molar-refractivity contribution >= 4 is 15.9 Å². The molecule has 0 aromatic heterocycles. The lowest BCUT2D eigenvalue weighted by atomic mass is 10.1. The maximum absolute atomic E-state index is 3.65. The molecule has 1 heterocycles. The van der Waals surface area contributed by atoms with Crippen molar-refractivity contribution in [1.29, 1.82) is 0 Å². The van der Waals surface area contributed by atoms with Crippen molar-refractivity contribution in [2.75, 3.05) is 26.2 Å². The normalized spacial score (nSPS) is 18.1. The van der Waals surface area contributed by atoms with Gasteiger partial charge in [0.1, 0.15) is 0 Å².